The Bertz CT molecular complexity index is 605. The molecule has 6 nitrogen and oxygen atoms in total. The van der Waals surface area contributed by atoms with Crippen molar-refractivity contribution in [3.63, 3.8) is 0 Å². The highest BCUT2D eigenvalue weighted by Crippen LogP contribution is 2.13. The summed E-state index contributed by atoms with van der Waals surface area (Å²) in [4.78, 5) is 16.6. The zero-order valence-corrected chi connectivity index (χ0v) is 12.0. The van der Waals surface area contributed by atoms with Gasteiger partial charge in [0.05, 0.1) is 6.20 Å². The highest BCUT2D eigenvalue weighted by Gasteiger charge is 2.10. The van der Waals surface area contributed by atoms with Crippen LogP contribution in [0, 0.1) is 6.92 Å². The van der Waals surface area contributed by atoms with Crippen LogP contribution in [-0.2, 0) is 7.05 Å². The Balaban J connectivity index is 2.17. The number of aryl methyl sites for hydroxylation is 2. The Morgan fingerprint density at radius 3 is 2.85 bits per heavy atom. The summed E-state index contributed by atoms with van der Waals surface area (Å²) in [6.45, 7) is 4.79. The highest BCUT2D eigenvalue weighted by atomic mass is 16.1. The van der Waals surface area contributed by atoms with Gasteiger partial charge in [-0.05, 0) is 25.5 Å². The molecule has 0 aliphatic carbocycles. The zero-order valence-electron chi connectivity index (χ0n) is 12.0. The molecule has 1 amide bonds. The third-order valence-corrected chi connectivity index (χ3v) is 2.83. The average Bonchev–Trinajstić information content (AvgIpc) is 2.81. The van der Waals surface area contributed by atoms with E-state index < -0.39 is 0 Å². The number of hydrogen-bond donors (Lipinski definition) is 2. The summed E-state index contributed by atoms with van der Waals surface area (Å²) in [5.41, 5.74) is 1.39. The van der Waals surface area contributed by atoms with Crippen molar-refractivity contribution in [2.45, 2.75) is 20.3 Å². The number of pyridine rings is 1. The molecule has 0 unspecified atom stereocenters. The largest absolute Gasteiger partial charge is 0.370 e. The number of carbonyl (C=O) groups excluding carboxylic acids is 1. The predicted octanol–water partition coefficient (Wildman–Crippen LogP) is 2.20. The Morgan fingerprint density at radius 1 is 1.40 bits per heavy atom. The number of anilines is 2. The van der Waals surface area contributed by atoms with Crippen LogP contribution in [0.4, 0.5) is 11.6 Å². The molecule has 2 aromatic rings. The van der Waals surface area contributed by atoms with Crippen molar-refractivity contribution in [3.05, 3.63) is 35.7 Å². The molecule has 0 fully saturated rings. The summed E-state index contributed by atoms with van der Waals surface area (Å²) in [6, 6.07) is 5.28. The molecule has 2 heterocycles. The van der Waals surface area contributed by atoms with Gasteiger partial charge in [-0.15, -0.1) is 0 Å². The molecule has 0 radical (unpaired) electrons. The normalized spacial score (nSPS) is 10.3. The molecular weight excluding hydrogens is 254 g/mol. The van der Waals surface area contributed by atoms with Gasteiger partial charge < -0.3 is 10.6 Å². The molecule has 0 bridgehead atoms. The van der Waals surface area contributed by atoms with Crippen molar-refractivity contribution in [3.8, 4) is 0 Å². The van der Waals surface area contributed by atoms with Gasteiger partial charge in [0, 0.05) is 30.9 Å². The van der Waals surface area contributed by atoms with E-state index in [4.69, 9.17) is 0 Å². The van der Waals surface area contributed by atoms with Crippen LogP contribution in [0.15, 0.2) is 24.4 Å². The minimum absolute atomic E-state index is 0.168. The zero-order chi connectivity index (χ0) is 14.5. The third-order valence-electron chi connectivity index (χ3n) is 2.83. The van der Waals surface area contributed by atoms with Crippen LogP contribution >= 0.6 is 0 Å². The molecule has 106 valence electrons. The minimum atomic E-state index is -0.168. The fraction of sp³-hybridized carbons (Fsp3) is 0.357. The molecule has 0 aliphatic heterocycles. The quantitative estimate of drug-likeness (QED) is 0.876. The van der Waals surface area contributed by atoms with Crippen LogP contribution in [0.3, 0.4) is 0 Å². The molecule has 0 aromatic carbocycles. The van der Waals surface area contributed by atoms with Crippen molar-refractivity contribution >= 4 is 17.5 Å². The van der Waals surface area contributed by atoms with E-state index in [-0.39, 0.29) is 5.91 Å². The summed E-state index contributed by atoms with van der Waals surface area (Å²) in [7, 11) is 1.78. The van der Waals surface area contributed by atoms with Crippen molar-refractivity contribution in [1.29, 1.82) is 0 Å². The minimum Gasteiger partial charge on any atom is -0.370 e. The maximum absolute atomic E-state index is 12.2. The summed E-state index contributed by atoms with van der Waals surface area (Å²) in [6.07, 6.45) is 2.65. The molecule has 2 aromatic heterocycles. The lowest BCUT2D eigenvalue weighted by Gasteiger charge is -2.09. The first-order valence-electron chi connectivity index (χ1n) is 6.62. The standard InChI is InChI=1S/C14H19N5O/c1-4-6-15-12-9-11(8-10(2)17-12)14(20)18-13-5-7-16-19(13)3/h5,7-9H,4,6H2,1-3H3,(H,15,17)(H,18,20). The van der Waals surface area contributed by atoms with E-state index in [1.54, 1.807) is 36.1 Å². The van der Waals surface area contributed by atoms with Gasteiger partial charge >= 0.3 is 0 Å². The van der Waals surface area contributed by atoms with Crippen molar-refractivity contribution < 1.29 is 4.79 Å². The number of rotatable bonds is 5. The lowest BCUT2D eigenvalue weighted by Crippen LogP contribution is -2.15. The summed E-state index contributed by atoms with van der Waals surface area (Å²) < 4.78 is 1.61. The Morgan fingerprint density at radius 2 is 2.20 bits per heavy atom. The molecule has 0 aliphatic rings. The van der Waals surface area contributed by atoms with Crippen molar-refractivity contribution in [2.24, 2.45) is 7.05 Å². The summed E-state index contributed by atoms with van der Waals surface area (Å²) in [5, 5.41) is 10.0. The second-order valence-electron chi connectivity index (χ2n) is 4.60. The molecule has 6 heteroatoms. The third kappa shape index (κ3) is 3.34. The lowest BCUT2D eigenvalue weighted by atomic mass is 10.2. The predicted molar refractivity (Wildman–Crippen MR) is 78.9 cm³/mol. The van der Waals surface area contributed by atoms with Gasteiger partial charge in [0.1, 0.15) is 11.6 Å². The van der Waals surface area contributed by atoms with E-state index in [0.29, 0.717) is 11.4 Å². The number of aromatic nitrogens is 3. The monoisotopic (exact) mass is 273 g/mol. The fourth-order valence-corrected chi connectivity index (χ4v) is 1.83. The maximum Gasteiger partial charge on any atom is 0.257 e. The second-order valence-corrected chi connectivity index (χ2v) is 4.60. The van der Waals surface area contributed by atoms with Gasteiger partial charge in [-0.3, -0.25) is 9.48 Å². The molecule has 20 heavy (non-hydrogen) atoms. The molecule has 0 saturated heterocycles. The van der Waals surface area contributed by atoms with E-state index >= 15 is 0 Å². The van der Waals surface area contributed by atoms with Gasteiger partial charge in [-0.1, -0.05) is 6.92 Å². The molecule has 2 N–H and O–H groups in total. The van der Waals surface area contributed by atoms with E-state index in [2.05, 4.69) is 27.6 Å². The van der Waals surface area contributed by atoms with Gasteiger partial charge in [0.15, 0.2) is 0 Å². The average molecular weight is 273 g/mol. The van der Waals surface area contributed by atoms with Crippen LogP contribution in [0.1, 0.15) is 29.4 Å². The first-order chi connectivity index (χ1) is 9.60. The second kappa shape index (κ2) is 6.18. The SMILES string of the molecule is CCCNc1cc(C(=O)Nc2ccnn2C)cc(C)n1. The number of carbonyl (C=O) groups is 1. The van der Waals surface area contributed by atoms with Crippen molar-refractivity contribution in [1.82, 2.24) is 14.8 Å². The number of nitrogens with zero attached hydrogens (tertiary/aromatic N) is 3. The Labute approximate surface area is 118 Å². The molecule has 0 spiro atoms. The smallest absolute Gasteiger partial charge is 0.257 e. The van der Waals surface area contributed by atoms with Gasteiger partial charge in [-0.2, -0.15) is 5.10 Å². The van der Waals surface area contributed by atoms with Crippen LogP contribution in [0.2, 0.25) is 0 Å². The van der Waals surface area contributed by atoms with E-state index in [0.717, 1.165) is 24.5 Å². The van der Waals surface area contributed by atoms with Crippen LogP contribution in [0.5, 0.6) is 0 Å². The Hall–Kier alpha value is -2.37. The van der Waals surface area contributed by atoms with Gasteiger partial charge in [0.25, 0.3) is 5.91 Å². The molecule has 2 rings (SSSR count). The molecular formula is C14H19N5O. The molecule has 0 atom stereocenters. The number of nitrogens with one attached hydrogen (secondary N) is 2. The van der Waals surface area contributed by atoms with Gasteiger partial charge in [0.2, 0.25) is 0 Å². The van der Waals surface area contributed by atoms with Crippen LogP contribution < -0.4 is 10.6 Å². The fourth-order valence-electron chi connectivity index (χ4n) is 1.83. The first-order valence-corrected chi connectivity index (χ1v) is 6.62. The van der Waals surface area contributed by atoms with Crippen LogP contribution in [-0.4, -0.2) is 27.2 Å². The van der Waals surface area contributed by atoms with Crippen molar-refractivity contribution in [2.75, 3.05) is 17.2 Å². The summed E-state index contributed by atoms with van der Waals surface area (Å²) >= 11 is 0. The highest BCUT2D eigenvalue weighted by molar-refractivity contribution is 6.04. The molecule has 0 saturated carbocycles. The number of hydrogen-bond acceptors (Lipinski definition) is 4. The van der Waals surface area contributed by atoms with Crippen LogP contribution in [0.25, 0.3) is 0 Å². The van der Waals surface area contributed by atoms with Gasteiger partial charge in [-0.25, -0.2) is 4.98 Å². The van der Waals surface area contributed by atoms with E-state index in [1.807, 2.05) is 6.92 Å². The number of amides is 1. The lowest BCUT2D eigenvalue weighted by molar-refractivity contribution is 0.102. The van der Waals surface area contributed by atoms with E-state index in [9.17, 15) is 4.79 Å². The summed E-state index contributed by atoms with van der Waals surface area (Å²) in [5.74, 6) is 1.22. The Kier molecular flexibility index (Phi) is 4.34. The first kappa shape index (κ1) is 14.0. The van der Waals surface area contributed by atoms with E-state index in [1.165, 1.54) is 0 Å². The topological polar surface area (TPSA) is 71.8 Å². The maximum atomic E-state index is 12.2.